The minimum atomic E-state index is -0.286. The normalized spacial score (nSPS) is 18.9. The number of fused-ring (bicyclic) bond motifs is 1. The van der Waals surface area contributed by atoms with Crippen LogP contribution in [-0.2, 0) is 18.0 Å². The highest BCUT2D eigenvalue weighted by Gasteiger charge is 2.39. The second-order valence-electron chi connectivity index (χ2n) is 12.6. The number of hydrogen-bond acceptors (Lipinski definition) is 7. The summed E-state index contributed by atoms with van der Waals surface area (Å²) in [4.78, 5) is 27.8. The molecule has 1 unspecified atom stereocenters. The Labute approximate surface area is 271 Å². The van der Waals surface area contributed by atoms with Gasteiger partial charge in [0.1, 0.15) is 24.7 Å². The van der Waals surface area contributed by atoms with Crippen LogP contribution >= 0.6 is 0 Å². The fourth-order valence-electron chi connectivity index (χ4n) is 6.82. The summed E-state index contributed by atoms with van der Waals surface area (Å²) in [5.74, 6) is 1.59. The van der Waals surface area contributed by atoms with Crippen molar-refractivity contribution in [3.63, 3.8) is 0 Å². The Kier molecular flexibility index (Phi) is 9.15. The lowest BCUT2D eigenvalue weighted by Crippen LogP contribution is -2.39. The molecule has 2 aromatic heterocycles. The van der Waals surface area contributed by atoms with Crippen molar-refractivity contribution in [2.75, 3.05) is 22.9 Å². The molecule has 1 atom stereocenters. The maximum atomic E-state index is 13.9. The molecule has 3 aliphatic rings. The molecule has 1 aliphatic carbocycles. The van der Waals surface area contributed by atoms with Crippen molar-refractivity contribution in [1.29, 1.82) is 0 Å². The number of pyridine rings is 2. The Morgan fingerprint density at radius 2 is 1.37 bits per heavy atom. The molecular weight excluding hydrogens is 576 g/mol. The molecule has 46 heavy (non-hydrogen) atoms. The first-order valence-corrected chi connectivity index (χ1v) is 16.7. The van der Waals surface area contributed by atoms with Crippen LogP contribution in [-0.4, -0.2) is 41.2 Å². The fourth-order valence-corrected chi connectivity index (χ4v) is 6.82. The van der Waals surface area contributed by atoms with Crippen LogP contribution in [0.1, 0.15) is 85.1 Å². The fraction of sp³-hybridized carbons (Fsp3) is 0.395. The Balaban J connectivity index is 1.08. The van der Waals surface area contributed by atoms with Gasteiger partial charge in [-0.1, -0.05) is 79.9 Å². The number of rotatable bonds is 10. The van der Waals surface area contributed by atoms with Crippen LogP contribution in [0.25, 0.3) is 0 Å². The lowest BCUT2D eigenvalue weighted by atomic mass is 9.97. The lowest BCUT2D eigenvalue weighted by Gasteiger charge is -2.35. The molecular formula is C38H42N4O4. The molecule has 8 heteroatoms. The zero-order valence-corrected chi connectivity index (χ0v) is 26.5. The average Bonchev–Trinajstić information content (AvgIpc) is 3.36. The molecule has 238 valence electrons. The minimum Gasteiger partial charge on any atom is -0.473 e. The van der Waals surface area contributed by atoms with Crippen LogP contribution in [0.5, 0.6) is 11.8 Å². The maximum Gasteiger partial charge on any atom is 0.260 e. The van der Waals surface area contributed by atoms with Crippen molar-refractivity contribution in [3.8, 4) is 11.8 Å². The van der Waals surface area contributed by atoms with Crippen molar-refractivity contribution in [1.82, 2.24) is 9.97 Å². The second-order valence-corrected chi connectivity index (χ2v) is 12.6. The second kappa shape index (κ2) is 13.9. The maximum absolute atomic E-state index is 13.9. The molecule has 1 saturated carbocycles. The molecule has 2 aliphatic heterocycles. The molecule has 8 nitrogen and oxygen atoms in total. The van der Waals surface area contributed by atoms with Crippen molar-refractivity contribution >= 4 is 17.4 Å². The van der Waals surface area contributed by atoms with E-state index < -0.39 is 0 Å². The van der Waals surface area contributed by atoms with E-state index in [-0.39, 0.29) is 11.9 Å². The van der Waals surface area contributed by atoms with Crippen molar-refractivity contribution in [3.05, 3.63) is 107 Å². The molecule has 2 aromatic carbocycles. The number of hydrogen-bond donors (Lipinski definition) is 0. The molecule has 0 spiro atoms. The van der Waals surface area contributed by atoms with Gasteiger partial charge in [0.25, 0.3) is 5.91 Å². The highest BCUT2D eigenvalue weighted by molar-refractivity contribution is 6.11. The monoisotopic (exact) mass is 618 g/mol. The van der Waals surface area contributed by atoms with Gasteiger partial charge in [0.05, 0.1) is 29.5 Å². The van der Waals surface area contributed by atoms with E-state index in [4.69, 9.17) is 24.2 Å². The molecule has 0 N–H and O–H groups in total. The molecule has 4 heterocycles. The Morgan fingerprint density at radius 1 is 0.717 bits per heavy atom. The van der Waals surface area contributed by atoms with Crippen molar-refractivity contribution in [2.24, 2.45) is 0 Å². The predicted octanol–water partition coefficient (Wildman–Crippen LogP) is 7.67. The van der Waals surface area contributed by atoms with E-state index in [1.165, 1.54) is 32.1 Å². The number of amides is 1. The Hall–Kier alpha value is -4.43. The largest absolute Gasteiger partial charge is 0.473 e. The number of anilines is 2. The topological polar surface area (TPSA) is 77.0 Å². The van der Waals surface area contributed by atoms with Gasteiger partial charge >= 0.3 is 0 Å². The van der Waals surface area contributed by atoms with E-state index in [1.54, 1.807) is 11.0 Å². The summed E-state index contributed by atoms with van der Waals surface area (Å²) >= 11 is 0. The third-order valence-corrected chi connectivity index (χ3v) is 9.37. The number of piperidine rings is 1. The first kappa shape index (κ1) is 30.2. The molecule has 0 bridgehead atoms. The smallest absolute Gasteiger partial charge is 0.260 e. The van der Waals surface area contributed by atoms with Gasteiger partial charge < -0.3 is 19.1 Å². The third kappa shape index (κ3) is 6.72. The predicted molar refractivity (Wildman–Crippen MR) is 178 cm³/mol. The Bertz CT molecular complexity index is 1620. The van der Waals surface area contributed by atoms with Gasteiger partial charge in [-0.15, -0.1) is 0 Å². The van der Waals surface area contributed by atoms with Crippen LogP contribution in [0.15, 0.2) is 84.9 Å². The van der Waals surface area contributed by atoms with Gasteiger partial charge in [0, 0.05) is 19.2 Å². The Morgan fingerprint density at radius 3 is 2.07 bits per heavy atom. The van der Waals surface area contributed by atoms with Gasteiger partial charge in [0.2, 0.25) is 11.8 Å². The lowest BCUT2D eigenvalue weighted by molar-refractivity contribution is -0.0395. The van der Waals surface area contributed by atoms with Crippen LogP contribution in [0.3, 0.4) is 0 Å². The van der Waals surface area contributed by atoms with Crippen LogP contribution < -0.4 is 19.3 Å². The highest BCUT2D eigenvalue weighted by atomic mass is 16.5. The van der Waals surface area contributed by atoms with Crippen molar-refractivity contribution < 1.29 is 19.0 Å². The summed E-state index contributed by atoms with van der Waals surface area (Å²) < 4.78 is 18.8. The number of benzene rings is 2. The SMILES string of the molecule is CC1c2nc(N3CCC(OC4CCCCC4)CC3)ccc2C(=O)N1c1ccc(OCc2ccccc2)nc1OCc1ccccc1. The molecule has 4 aromatic rings. The highest BCUT2D eigenvalue weighted by Crippen LogP contribution is 2.42. The van der Waals surface area contributed by atoms with E-state index in [0.29, 0.717) is 48.4 Å². The number of carbonyl (C=O) groups is 1. The third-order valence-electron chi connectivity index (χ3n) is 9.37. The summed E-state index contributed by atoms with van der Waals surface area (Å²) in [6.45, 7) is 4.52. The summed E-state index contributed by atoms with van der Waals surface area (Å²) in [7, 11) is 0. The molecule has 2 fully saturated rings. The molecule has 1 saturated heterocycles. The van der Waals surface area contributed by atoms with Gasteiger partial charge in [0.15, 0.2) is 0 Å². The molecule has 1 amide bonds. The summed E-state index contributed by atoms with van der Waals surface area (Å²) in [6.07, 6.45) is 9.09. The minimum absolute atomic E-state index is 0.106. The quantitative estimate of drug-likeness (QED) is 0.180. The first-order chi connectivity index (χ1) is 22.6. The van der Waals surface area contributed by atoms with Gasteiger partial charge in [-0.05, 0) is 61.9 Å². The van der Waals surface area contributed by atoms with Crippen molar-refractivity contribution in [2.45, 2.75) is 83.3 Å². The number of carbonyl (C=O) groups excluding carboxylic acids is 1. The number of ether oxygens (including phenoxy) is 3. The van der Waals surface area contributed by atoms with E-state index >= 15 is 0 Å². The summed E-state index contributed by atoms with van der Waals surface area (Å²) in [5, 5.41) is 0. The zero-order chi connectivity index (χ0) is 31.3. The summed E-state index contributed by atoms with van der Waals surface area (Å²) in [5.41, 5.74) is 4.04. The van der Waals surface area contributed by atoms with Crippen LogP contribution in [0, 0.1) is 0 Å². The van der Waals surface area contributed by atoms with Gasteiger partial charge in [-0.2, -0.15) is 4.98 Å². The van der Waals surface area contributed by atoms with E-state index in [2.05, 4.69) is 4.90 Å². The van der Waals surface area contributed by atoms with E-state index in [0.717, 1.165) is 48.6 Å². The van der Waals surface area contributed by atoms with Crippen LogP contribution in [0.2, 0.25) is 0 Å². The standard InChI is InChI=1S/C38H42N4O4/c1-27-36-32(17-19-34(39-36)41-23-21-31(22-24-41)46-30-15-9-4-10-16-30)38(43)42(27)33-18-20-35(44-25-28-11-5-2-6-12-28)40-37(33)45-26-29-13-7-3-8-14-29/h2-3,5-8,11-14,17-20,27,30-31H,4,9-10,15-16,21-26H2,1H3. The average molecular weight is 619 g/mol. The first-order valence-electron chi connectivity index (χ1n) is 16.7. The number of aromatic nitrogens is 2. The van der Waals surface area contributed by atoms with Crippen LogP contribution in [0.4, 0.5) is 11.5 Å². The molecule has 0 radical (unpaired) electrons. The summed E-state index contributed by atoms with van der Waals surface area (Å²) in [6, 6.07) is 27.2. The van der Waals surface area contributed by atoms with E-state index in [1.807, 2.05) is 85.8 Å². The van der Waals surface area contributed by atoms with E-state index in [9.17, 15) is 4.79 Å². The zero-order valence-electron chi connectivity index (χ0n) is 26.5. The van der Waals surface area contributed by atoms with Gasteiger partial charge in [-0.3, -0.25) is 9.69 Å². The molecule has 7 rings (SSSR count). The van der Waals surface area contributed by atoms with Gasteiger partial charge in [-0.25, -0.2) is 4.98 Å². The number of nitrogens with zero attached hydrogens (tertiary/aromatic N) is 4.